The lowest BCUT2D eigenvalue weighted by atomic mass is 10.1. The topological polar surface area (TPSA) is 38.4 Å². The summed E-state index contributed by atoms with van der Waals surface area (Å²) in [5, 5.41) is 1.18. The van der Waals surface area contributed by atoms with Crippen LogP contribution in [0.3, 0.4) is 0 Å². The fourth-order valence-electron chi connectivity index (χ4n) is 1.71. The maximum absolute atomic E-state index is 5.58. The third kappa shape index (κ3) is 0.900. The first kappa shape index (κ1) is 6.83. The average molecular weight is 172 g/mol. The first-order chi connectivity index (χ1) is 6.45. The van der Waals surface area contributed by atoms with Crippen molar-refractivity contribution in [2.24, 2.45) is 4.99 Å². The van der Waals surface area contributed by atoms with Crippen molar-refractivity contribution in [2.45, 2.75) is 6.42 Å². The van der Waals surface area contributed by atoms with Crippen molar-refractivity contribution in [2.75, 3.05) is 6.54 Å². The molecule has 0 amide bonds. The predicted molar refractivity (Wildman–Crippen MR) is 50.2 cm³/mol. The Balaban J connectivity index is 2.41. The number of furan rings is 1. The number of hydrogen-bond acceptors (Lipinski definition) is 3. The van der Waals surface area contributed by atoms with Gasteiger partial charge in [0.2, 0.25) is 0 Å². The van der Waals surface area contributed by atoms with Crippen molar-refractivity contribution in [3.05, 3.63) is 29.8 Å². The molecule has 1 aliphatic rings. The Morgan fingerprint density at radius 3 is 3.38 bits per heavy atom. The van der Waals surface area contributed by atoms with Gasteiger partial charge in [-0.2, -0.15) is 0 Å². The Kier molecular flexibility index (Phi) is 1.27. The second-order valence-electron chi connectivity index (χ2n) is 3.10. The van der Waals surface area contributed by atoms with E-state index in [0.717, 1.165) is 24.3 Å². The molecular weight excluding hydrogens is 164 g/mol. The molecule has 2 aromatic rings. The van der Waals surface area contributed by atoms with Gasteiger partial charge in [-0.25, -0.2) is 0 Å². The van der Waals surface area contributed by atoms with Crippen molar-refractivity contribution in [3.63, 3.8) is 0 Å². The molecule has 3 rings (SSSR count). The minimum atomic E-state index is 0.862. The van der Waals surface area contributed by atoms with Crippen molar-refractivity contribution >= 4 is 17.2 Å². The Hall–Kier alpha value is -1.64. The molecular formula is C10H8N2O. The maximum atomic E-state index is 5.58. The number of fused-ring (bicyclic) bond motifs is 3. The normalized spacial score (nSPS) is 14.8. The van der Waals surface area contributed by atoms with Gasteiger partial charge in [-0.1, -0.05) is 0 Å². The lowest BCUT2D eigenvalue weighted by molar-refractivity contribution is 0.597. The van der Waals surface area contributed by atoms with Crippen LogP contribution in [0, 0.1) is 0 Å². The van der Waals surface area contributed by atoms with Gasteiger partial charge in [-0.15, -0.1) is 0 Å². The molecule has 3 heterocycles. The zero-order chi connectivity index (χ0) is 8.67. The number of aromatic nitrogens is 1. The van der Waals surface area contributed by atoms with Crippen LogP contribution in [0.4, 0.5) is 0 Å². The molecule has 0 radical (unpaired) electrons. The molecule has 0 aliphatic carbocycles. The smallest absolute Gasteiger partial charge is 0.153 e. The summed E-state index contributed by atoms with van der Waals surface area (Å²) in [6, 6.07) is 2.00. The fraction of sp³-hybridized carbons (Fsp3) is 0.200. The van der Waals surface area contributed by atoms with E-state index in [4.69, 9.17) is 4.42 Å². The van der Waals surface area contributed by atoms with Crippen molar-refractivity contribution in [1.29, 1.82) is 0 Å². The van der Waals surface area contributed by atoms with E-state index in [9.17, 15) is 0 Å². The first-order valence-corrected chi connectivity index (χ1v) is 4.30. The lowest BCUT2D eigenvalue weighted by Gasteiger charge is -2.01. The van der Waals surface area contributed by atoms with Crippen molar-refractivity contribution < 1.29 is 4.42 Å². The summed E-state index contributed by atoms with van der Waals surface area (Å²) in [5.74, 6) is 0.897. The van der Waals surface area contributed by atoms with Crippen LogP contribution in [0.25, 0.3) is 11.0 Å². The molecule has 0 spiro atoms. The van der Waals surface area contributed by atoms with E-state index in [1.54, 1.807) is 18.6 Å². The number of hydrogen-bond donors (Lipinski definition) is 0. The van der Waals surface area contributed by atoms with E-state index in [1.165, 1.54) is 10.9 Å². The fourth-order valence-corrected chi connectivity index (χ4v) is 1.71. The third-order valence-electron chi connectivity index (χ3n) is 2.33. The summed E-state index contributed by atoms with van der Waals surface area (Å²) in [6.07, 6.45) is 6.33. The van der Waals surface area contributed by atoms with Crippen LogP contribution in [0.1, 0.15) is 11.3 Å². The SMILES string of the molecule is C1=NCCc2c1oc1cnccc21. The number of aliphatic imine (C=N–C) groups is 1. The highest BCUT2D eigenvalue weighted by Gasteiger charge is 2.14. The van der Waals surface area contributed by atoms with Gasteiger partial charge in [-0.3, -0.25) is 9.98 Å². The van der Waals surface area contributed by atoms with E-state index in [1.807, 2.05) is 6.07 Å². The number of pyridine rings is 1. The molecule has 0 saturated carbocycles. The van der Waals surface area contributed by atoms with Gasteiger partial charge >= 0.3 is 0 Å². The first-order valence-electron chi connectivity index (χ1n) is 4.30. The van der Waals surface area contributed by atoms with E-state index >= 15 is 0 Å². The minimum absolute atomic E-state index is 0.862. The predicted octanol–water partition coefficient (Wildman–Crippen LogP) is 1.80. The summed E-state index contributed by atoms with van der Waals surface area (Å²) in [7, 11) is 0. The van der Waals surface area contributed by atoms with Gasteiger partial charge in [-0.05, 0) is 12.5 Å². The van der Waals surface area contributed by atoms with Crippen molar-refractivity contribution in [3.8, 4) is 0 Å². The molecule has 1 aliphatic heterocycles. The second-order valence-corrected chi connectivity index (χ2v) is 3.10. The molecule has 0 atom stereocenters. The van der Waals surface area contributed by atoms with Crippen LogP contribution in [-0.2, 0) is 6.42 Å². The van der Waals surface area contributed by atoms with Crippen LogP contribution in [0.5, 0.6) is 0 Å². The van der Waals surface area contributed by atoms with Gasteiger partial charge in [0.15, 0.2) is 5.58 Å². The highest BCUT2D eigenvalue weighted by molar-refractivity contribution is 5.91. The molecule has 64 valence electrons. The molecule has 3 heteroatoms. The molecule has 0 aromatic carbocycles. The highest BCUT2D eigenvalue weighted by atomic mass is 16.3. The number of nitrogens with zero attached hydrogens (tertiary/aromatic N) is 2. The molecule has 0 bridgehead atoms. The van der Waals surface area contributed by atoms with Gasteiger partial charge in [0.05, 0.1) is 12.4 Å². The Bertz CT molecular complexity index is 485. The van der Waals surface area contributed by atoms with Crippen LogP contribution in [0.2, 0.25) is 0 Å². The van der Waals surface area contributed by atoms with Crippen LogP contribution in [-0.4, -0.2) is 17.7 Å². The van der Waals surface area contributed by atoms with Crippen LogP contribution < -0.4 is 0 Å². The van der Waals surface area contributed by atoms with Crippen LogP contribution in [0.15, 0.2) is 27.9 Å². The molecule has 3 nitrogen and oxygen atoms in total. The lowest BCUT2D eigenvalue weighted by Crippen LogP contribution is -1.99. The average Bonchev–Trinajstić information content (AvgIpc) is 2.56. The molecule has 0 saturated heterocycles. The summed E-state index contributed by atoms with van der Waals surface area (Å²) in [5.41, 5.74) is 2.13. The molecule has 13 heavy (non-hydrogen) atoms. The van der Waals surface area contributed by atoms with Gasteiger partial charge < -0.3 is 4.42 Å². The summed E-state index contributed by atoms with van der Waals surface area (Å²) in [6.45, 7) is 0.865. The molecule has 2 aromatic heterocycles. The number of rotatable bonds is 0. The largest absolute Gasteiger partial charge is 0.453 e. The van der Waals surface area contributed by atoms with Gasteiger partial charge in [0.25, 0.3) is 0 Å². The van der Waals surface area contributed by atoms with E-state index in [-0.39, 0.29) is 0 Å². The Labute approximate surface area is 75.1 Å². The van der Waals surface area contributed by atoms with Gasteiger partial charge in [0, 0.05) is 23.7 Å². The zero-order valence-electron chi connectivity index (χ0n) is 7.03. The maximum Gasteiger partial charge on any atom is 0.153 e. The molecule has 0 N–H and O–H groups in total. The second kappa shape index (κ2) is 2.42. The molecule has 0 fully saturated rings. The van der Waals surface area contributed by atoms with Crippen molar-refractivity contribution in [1.82, 2.24) is 4.98 Å². The standard InChI is InChI=1S/C10H8N2O/c1-3-11-5-9-7(1)8-2-4-12-6-10(8)13-9/h1,3,5-6H,2,4H2. The summed E-state index contributed by atoms with van der Waals surface area (Å²) in [4.78, 5) is 8.19. The zero-order valence-corrected chi connectivity index (χ0v) is 7.03. The van der Waals surface area contributed by atoms with Crippen LogP contribution >= 0.6 is 0 Å². The Morgan fingerprint density at radius 2 is 2.38 bits per heavy atom. The van der Waals surface area contributed by atoms with Gasteiger partial charge in [0.1, 0.15) is 5.76 Å². The summed E-state index contributed by atoms with van der Waals surface area (Å²) < 4.78 is 5.58. The monoisotopic (exact) mass is 172 g/mol. The highest BCUT2D eigenvalue weighted by Crippen LogP contribution is 2.25. The van der Waals surface area contributed by atoms with E-state index in [0.29, 0.717) is 0 Å². The molecule has 0 unspecified atom stereocenters. The third-order valence-corrected chi connectivity index (χ3v) is 2.33. The Morgan fingerprint density at radius 1 is 1.38 bits per heavy atom. The minimum Gasteiger partial charge on any atom is -0.453 e. The van der Waals surface area contributed by atoms with E-state index in [2.05, 4.69) is 9.98 Å². The van der Waals surface area contributed by atoms with E-state index < -0.39 is 0 Å². The quantitative estimate of drug-likeness (QED) is 0.607. The summed E-state index contributed by atoms with van der Waals surface area (Å²) >= 11 is 0.